The molecule has 1 atom stereocenters. The third kappa shape index (κ3) is 3.56. The first-order valence-electron chi connectivity index (χ1n) is 6.00. The molecule has 0 heterocycles. The molecule has 1 nitrogen and oxygen atoms in total. The molecule has 2 rings (SSSR count). The summed E-state index contributed by atoms with van der Waals surface area (Å²) < 4.78 is 14.6. The highest BCUT2D eigenvalue weighted by Crippen LogP contribution is 2.28. The van der Waals surface area contributed by atoms with E-state index < -0.39 is 0 Å². The van der Waals surface area contributed by atoms with Crippen molar-refractivity contribution < 1.29 is 4.39 Å². The predicted molar refractivity (Wildman–Crippen MR) is 81.1 cm³/mol. The van der Waals surface area contributed by atoms with E-state index in [9.17, 15) is 4.39 Å². The molecule has 0 radical (unpaired) electrons. The SMILES string of the molecule is NCC(Cc1ccc(Br)cc1F)c1ccccc1Cl. The van der Waals surface area contributed by atoms with Crippen LogP contribution in [0.25, 0.3) is 0 Å². The van der Waals surface area contributed by atoms with E-state index in [1.54, 1.807) is 6.07 Å². The lowest BCUT2D eigenvalue weighted by Crippen LogP contribution is -2.16. The second-order valence-electron chi connectivity index (χ2n) is 4.39. The van der Waals surface area contributed by atoms with Crippen LogP contribution in [0.5, 0.6) is 0 Å². The van der Waals surface area contributed by atoms with E-state index in [-0.39, 0.29) is 11.7 Å². The average molecular weight is 343 g/mol. The standard InChI is InChI=1S/C15H14BrClFN/c16-12-6-5-10(15(18)8-12)7-11(9-19)13-3-1-2-4-14(13)17/h1-6,8,11H,7,9,19H2. The summed E-state index contributed by atoms with van der Waals surface area (Å²) in [7, 11) is 0. The lowest BCUT2D eigenvalue weighted by Gasteiger charge is -2.17. The van der Waals surface area contributed by atoms with Crippen molar-refractivity contribution in [3.05, 3.63) is 68.9 Å². The zero-order valence-electron chi connectivity index (χ0n) is 10.2. The van der Waals surface area contributed by atoms with Crippen LogP contribution in [-0.2, 0) is 6.42 Å². The van der Waals surface area contributed by atoms with Crippen LogP contribution in [0, 0.1) is 5.82 Å². The van der Waals surface area contributed by atoms with Crippen molar-refractivity contribution in [3.63, 3.8) is 0 Å². The molecule has 19 heavy (non-hydrogen) atoms. The summed E-state index contributed by atoms with van der Waals surface area (Å²) in [5.74, 6) is -0.204. The van der Waals surface area contributed by atoms with E-state index in [4.69, 9.17) is 17.3 Å². The van der Waals surface area contributed by atoms with Gasteiger partial charge >= 0.3 is 0 Å². The highest BCUT2D eigenvalue weighted by Gasteiger charge is 2.15. The molecule has 0 saturated carbocycles. The quantitative estimate of drug-likeness (QED) is 0.868. The topological polar surface area (TPSA) is 26.0 Å². The van der Waals surface area contributed by atoms with E-state index in [1.807, 2.05) is 30.3 Å². The first-order chi connectivity index (χ1) is 9.11. The molecule has 0 bridgehead atoms. The molecule has 2 N–H and O–H groups in total. The van der Waals surface area contributed by atoms with Crippen LogP contribution in [0.15, 0.2) is 46.9 Å². The van der Waals surface area contributed by atoms with Gasteiger partial charge in [-0.05, 0) is 42.3 Å². The van der Waals surface area contributed by atoms with Crippen LogP contribution in [-0.4, -0.2) is 6.54 Å². The third-order valence-electron chi connectivity index (χ3n) is 3.11. The molecule has 0 aromatic heterocycles. The van der Waals surface area contributed by atoms with Gasteiger partial charge in [0, 0.05) is 15.4 Å². The molecule has 0 saturated heterocycles. The molecular weight excluding hydrogens is 329 g/mol. The van der Waals surface area contributed by atoms with Gasteiger partial charge in [0.05, 0.1) is 0 Å². The molecule has 0 amide bonds. The number of hydrogen-bond acceptors (Lipinski definition) is 1. The first-order valence-corrected chi connectivity index (χ1v) is 7.17. The predicted octanol–water partition coefficient (Wildman–Crippen LogP) is 4.53. The fourth-order valence-electron chi connectivity index (χ4n) is 2.08. The van der Waals surface area contributed by atoms with Crippen molar-refractivity contribution in [1.82, 2.24) is 0 Å². The zero-order valence-corrected chi connectivity index (χ0v) is 12.6. The van der Waals surface area contributed by atoms with Crippen LogP contribution >= 0.6 is 27.5 Å². The molecule has 0 spiro atoms. The molecule has 1 unspecified atom stereocenters. The lowest BCUT2D eigenvalue weighted by molar-refractivity contribution is 0.589. The number of rotatable bonds is 4. The maximum absolute atomic E-state index is 13.9. The fourth-order valence-corrected chi connectivity index (χ4v) is 2.70. The van der Waals surface area contributed by atoms with Crippen LogP contribution in [0.3, 0.4) is 0 Å². The van der Waals surface area contributed by atoms with Crippen molar-refractivity contribution >= 4 is 27.5 Å². The summed E-state index contributed by atoms with van der Waals surface area (Å²) in [5.41, 5.74) is 7.43. The van der Waals surface area contributed by atoms with Gasteiger partial charge in [-0.2, -0.15) is 0 Å². The van der Waals surface area contributed by atoms with E-state index in [1.165, 1.54) is 6.07 Å². The normalized spacial score (nSPS) is 12.4. The van der Waals surface area contributed by atoms with Gasteiger partial charge in [0.25, 0.3) is 0 Å². The van der Waals surface area contributed by atoms with Gasteiger partial charge < -0.3 is 5.73 Å². The fraction of sp³-hybridized carbons (Fsp3) is 0.200. The third-order valence-corrected chi connectivity index (χ3v) is 3.95. The van der Waals surface area contributed by atoms with Crippen molar-refractivity contribution in [2.45, 2.75) is 12.3 Å². The number of hydrogen-bond donors (Lipinski definition) is 1. The van der Waals surface area contributed by atoms with Crippen LogP contribution in [0.4, 0.5) is 4.39 Å². The maximum Gasteiger partial charge on any atom is 0.127 e. The number of halogens is 3. The van der Waals surface area contributed by atoms with Crippen LogP contribution in [0.1, 0.15) is 17.0 Å². The Morgan fingerprint density at radius 1 is 1.21 bits per heavy atom. The average Bonchev–Trinajstić information content (AvgIpc) is 2.39. The van der Waals surface area contributed by atoms with Gasteiger partial charge in [0.2, 0.25) is 0 Å². The molecular formula is C15H14BrClFN. The van der Waals surface area contributed by atoms with Gasteiger partial charge in [0.1, 0.15) is 5.82 Å². The van der Waals surface area contributed by atoms with Crippen molar-refractivity contribution in [3.8, 4) is 0 Å². The number of benzene rings is 2. The molecule has 0 aliphatic rings. The smallest absolute Gasteiger partial charge is 0.127 e. The Labute approximate surface area is 125 Å². The highest BCUT2D eigenvalue weighted by molar-refractivity contribution is 9.10. The van der Waals surface area contributed by atoms with E-state index in [2.05, 4.69) is 15.9 Å². The lowest BCUT2D eigenvalue weighted by atomic mass is 9.92. The summed E-state index contributed by atoms with van der Waals surface area (Å²) in [6, 6.07) is 12.6. The second kappa shape index (κ2) is 6.51. The maximum atomic E-state index is 13.9. The number of nitrogens with two attached hydrogens (primary N) is 1. The summed E-state index contributed by atoms with van der Waals surface area (Å²) in [4.78, 5) is 0. The minimum absolute atomic E-state index is 0.0179. The Morgan fingerprint density at radius 2 is 1.95 bits per heavy atom. The Bertz CT molecular complexity index is 574. The summed E-state index contributed by atoms with van der Waals surface area (Å²) in [6.45, 7) is 0.430. The van der Waals surface area contributed by atoms with E-state index >= 15 is 0 Å². The summed E-state index contributed by atoms with van der Waals surface area (Å²) >= 11 is 9.42. The molecule has 0 aliphatic carbocycles. The molecule has 0 fully saturated rings. The minimum Gasteiger partial charge on any atom is -0.330 e. The van der Waals surface area contributed by atoms with Gasteiger partial charge in [0.15, 0.2) is 0 Å². The Kier molecular flexibility index (Phi) is 4.97. The van der Waals surface area contributed by atoms with Gasteiger partial charge in [-0.15, -0.1) is 0 Å². The Balaban J connectivity index is 2.27. The zero-order chi connectivity index (χ0) is 13.8. The first kappa shape index (κ1) is 14.5. The largest absolute Gasteiger partial charge is 0.330 e. The molecule has 100 valence electrons. The Hall–Kier alpha value is -0.900. The van der Waals surface area contributed by atoms with Gasteiger partial charge in [-0.3, -0.25) is 0 Å². The summed E-state index contributed by atoms with van der Waals surface area (Å²) in [6.07, 6.45) is 0.541. The minimum atomic E-state index is -0.222. The van der Waals surface area contributed by atoms with Gasteiger partial charge in [-0.1, -0.05) is 51.8 Å². The van der Waals surface area contributed by atoms with E-state index in [0.29, 0.717) is 23.6 Å². The molecule has 2 aromatic rings. The van der Waals surface area contributed by atoms with Crippen molar-refractivity contribution in [2.75, 3.05) is 6.54 Å². The van der Waals surface area contributed by atoms with Crippen molar-refractivity contribution in [1.29, 1.82) is 0 Å². The monoisotopic (exact) mass is 341 g/mol. The van der Waals surface area contributed by atoms with Crippen LogP contribution < -0.4 is 5.73 Å². The van der Waals surface area contributed by atoms with Crippen LogP contribution in [0.2, 0.25) is 5.02 Å². The van der Waals surface area contributed by atoms with Crippen molar-refractivity contribution in [2.24, 2.45) is 5.73 Å². The van der Waals surface area contributed by atoms with E-state index in [0.717, 1.165) is 10.0 Å². The van der Waals surface area contributed by atoms with Gasteiger partial charge in [-0.25, -0.2) is 4.39 Å². The Morgan fingerprint density at radius 3 is 2.58 bits per heavy atom. The summed E-state index contributed by atoms with van der Waals surface area (Å²) in [5, 5.41) is 0.676. The highest BCUT2D eigenvalue weighted by atomic mass is 79.9. The molecule has 2 aromatic carbocycles. The molecule has 4 heteroatoms. The molecule has 0 aliphatic heterocycles. The second-order valence-corrected chi connectivity index (χ2v) is 5.72.